The summed E-state index contributed by atoms with van der Waals surface area (Å²) in [5, 5.41) is 8.43. The molecule has 0 aromatic carbocycles. The largest absolute Gasteiger partial charge is 0.465 e. The summed E-state index contributed by atoms with van der Waals surface area (Å²) < 4.78 is 9.56. The summed E-state index contributed by atoms with van der Waals surface area (Å²) in [5.74, 6) is 2.39. The number of likely N-dealkylation sites (tertiary alicyclic amines) is 1. The summed E-state index contributed by atoms with van der Waals surface area (Å²) in [4.78, 5) is 14.5. The molecule has 6 nitrogen and oxygen atoms in total. The fraction of sp³-hybridized carbons (Fsp3) is 0.562. The average Bonchev–Trinajstić information content (AvgIpc) is 3.21. The number of rotatable bonds is 5. The van der Waals surface area contributed by atoms with E-state index in [1.807, 2.05) is 19.1 Å². The molecular weight excluding hydrogens is 312 g/mol. The lowest BCUT2D eigenvalue weighted by Crippen LogP contribution is -2.41. The molecule has 1 N–H and O–H groups in total. The number of hydrogen-bond donors (Lipinski definition) is 1. The highest BCUT2D eigenvalue weighted by Gasteiger charge is 2.27. The molecule has 2 aromatic rings. The van der Waals surface area contributed by atoms with Crippen molar-refractivity contribution in [2.24, 2.45) is 5.92 Å². The van der Waals surface area contributed by atoms with Gasteiger partial charge in [0.2, 0.25) is 0 Å². The van der Waals surface area contributed by atoms with E-state index in [1.54, 1.807) is 5.38 Å². The summed E-state index contributed by atoms with van der Waals surface area (Å²) in [6, 6.07) is 4.04. The highest BCUT2D eigenvalue weighted by Crippen LogP contribution is 2.27. The van der Waals surface area contributed by atoms with Gasteiger partial charge in [-0.1, -0.05) is 11.4 Å². The van der Waals surface area contributed by atoms with E-state index in [9.17, 15) is 4.79 Å². The minimum absolute atomic E-state index is 0.0618. The maximum Gasteiger partial charge on any atom is 0.272 e. The van der Waals surface area contributed by atoms with E-state index in [0.717, 1.165) is 30.5 Å². The molecule has 124 valence electrons. The first-order valence-electron chi connectivity index (χ1n) is 7.99. The van der Waals surface area contributed by atoms with Crippen molar-refractivity contribution in [3.05, 3.63) is 34.7 Å². The number of furan rings is 1. The molecule has 0 bridgehead atoms. The van der Waals surface area contributed by atoms with E-state index in [4.69, 9.17) is 4.42 Å². The topological polar surface area (TPSA) is 71.3 Å². The number of amides is 1. The number of aryl methyl sites for hydroxylation is 1. The second-order valence-corrected chi connectivity index (χ2v) is 6.79. The van der Waals surface area contributed by atoms with Gasteiger partial charge in [0.15, 0.2) is 5.69 Å². The molecule has 1 aliphatic rings. The Bertz CT molecular complexity index is 632. The summed E-state index contributed by atoms with van der Waals surface area (Å²) in [5.41, 5.74) is 0.372. The zero-order valence-corrected chi connectivity index (χ0v) is 14.3. The summed E-state index contributed by atoms with van der Waals surface area (Å²) in [6.45, 7) is 6.80. The number of aromatic nitrogens is 2. The SMILES string of the molecule is Cc1ccc(C(CNC(=O)c2csnn2)N2CCC(C)CC2)o1. The Balaban J connectivity index is 1.69. The van der Waals surface area contributed by atoms with Crippen molar-refractivity contribution in [1.82, 2.24) is 19.8 Å². The smallest absolute Gasteiger partial charge is 0.272 e. The molecule has 1 atom stereocenters. The zero-order valence-electron chi connectivity index (χ0n) is 13.5. The summed E-state index contributed by atoms with van der Waals surface area (Å²) in [7, 11) is 0. The van der Waals surface area contributed by atoms with E-state index in [2.05, 4.69) is 26.7 Å². The van der Waals surface area contributed by atoms with Gasteiger partial charge in [-0.05, 0) is 62.4 Å². The fourth-order valence-corrected chi connectivity index (χ4v) is 3.36. The van der Waals surface area contributed by atoms with Crippen LogP contribution in [0.15, 0.2) is 21.9 Å². The fourth-order valence-electron chi connectivity index (χ4n) is 2.93. The van der Waals surface area contributed by atoms with Gasteiger partial charge in [-0.2, -0.15) is 0 Å². The van der Waals surface area contributed by atoms with Crippen molar-refractivity contribution in [2.75, 3.05) is 19.6 Å². The van der Waals surface area contributed by atoms with E-state index in [1.165, 1.54) is 24.4 Å². The molecule has 0 saturated carbocycles. The first kappa shape index (κ1) is 16.1. The van der Waals surface area contributed by atoms with Crippen LogP contribution in [0, 0.1) is 12.8 Å². The van der Waals surface area contributed by atoms with Crippen molar-refractivity contribution in [1.29, 1.82) is 0 Å². The van der Waals surface area contributed by atoms with Crippen LogP contribution < -0.4 is 5.32 Å². The highest BCUT2D eigenvalue weighted by molar-refractivity contribution is 7.03. The monoisotopic (exact) mass is 334 g/mol. The lowest BCUT2D eigenvalue weighted by molar-refractivity contribution is 0.0890. The molecule has 0 radical (unpaired) electrons. The molecule has 23 heavy (non-hydrogen) atoms. The molecule has 3 rings (SSSR count). The average molecular weight is 334 g/mol. The third-order valence-corrected chi connectivity index (χ3v) is 4.90. The summed E-state index contributed by atoms with van der Waals surface area (Å²) >= 11 is 1.18. The Morgan fingerprint density at radius 1 is 1.48 bits per heavy atom. The van der Waals surface area contributed by atoms with Crippen LogP contribution in [0.4, 0.5) is 0 Å². The van der Waals surface area contributed by atoms with Crippen LogP contribution in [0.5, 0.6) is 0 Å². The van der Waals surface area contributed by atoms with E-state index in [-0.39, 0.29) is 11.9 Å². The molecule has 7 heteroatoms. The maximum atomic E-state index is 12.1. The van der Waals surface area contributed by atoms with Crippen molar-refractivity contribution in [3.63, 3.8) is 0 Å². The van der Waals surface area contributed by atoms with Gasteiger partial charge in [-0.3, -0.25) is 9.69 Å². The Labute approximate surface area is 140 Å². The van der Waals surface area contributed by atoms with Gasteiger partial charge in [0, 0.05) is 11.9 Å². The van der Waals surface area contributed by atoms with Gasteiger partial charge in [0.1, 0.15) is 11.5 Å². The standard InChI is InChI=1S/C16H22N4O2S/c1-11-5-7-20(8-6-11)14(15-4-3-12(2)22-15)9-17-16(21)13-10-23-19-18-13/h3-4,10-11,14H,5-9H2,1-2H3,(H,17,21). The zero-order chi connectivity index (χ0) is 16.2. The molecule has 2 aromatic heterocycles. The van der Waals surface area contributed by atoms with Crippen molar-refractivity contribution in [2.45, 2.75) is 32.7 Å². The second kappa shape index (κ2) is 7.23. The van der Waals surface area contributed by atoms with Gasteiger partial charge in [0.25, 0.3) is 5.91 Å². The molecule has 1 unspecified atom stereocenters. The number of piperidine rings is 1. The number of nitrogens with zero attached hydrogens (tertiary/aromatic N) is 3. The van der Waals surface area contributed by atoms with Crippen molar-refractivity contribution in [3.8, 4) is 0 Å². The minimum Gasteiger partial charge on any atom is -0.465 e. The molecule has 1 fully saturated rings. The molecule has 1 aliphatic heterocycles. The molecule has 0 aliphatic carbocycles. The van der Waals surface area contributed by atoms with Crippen LogP contribution in [-0.2, 0) is 0 Å². The van der Waals surface area contributed by atoms with Crippen LogP contribution in [0.25, 0.3) is 0 Å². The van der Waals surface area contributed by atoms with Gasteiger partial charge >= 0.3 is 0 Å². The van der Waals surface area contributed by atoms with Crippen LogP contribution in [0.1, 0.15) is 47.8 Å². The minimum atomic E-state index is -0.183. The number of hydrogen-bond acceptors (Lipinski definition) is 6. The van der Waals surface area contributed by atoms with Crippen molar-refractivity contribution >= 4 is 17.4 Å². The lowest BCUT2D eigenvalue weighted by Gasteiger charge is -2.35. The third-order valence-electron chi connectivity index (χ3n) is 4.40. The van der Waals surface area contributed by atoms with E-state index >= 15 is 0 Å². The number of carbonyl (C=O) groups excluding carboxylic acids is 1. The predicted octanol–water partition coefficient (Wildman–Crippen LogP) is 2.64. The molecular formula is C16H22N4O2S. The van der Waals surface area contributed by atoms with E-state index < -0.39 is 0 Å². The quantitative estimate of drug-likeness (QED) is 0.910. The van der Waals surface area contributed by atoms with Gasteiger partial charge in [0.05, 0.1) is 6.04 Å². The Morgan fingerprint density at radius 2 is 2.26 bits per heavy atom. The van der Waals surface area contributed by atoms with E-state index in [0.29, 0.717) is 12.2 Å². The number of carbonyl (C=O) groups is 1. The van der Waals surface area contributed by atoms with Gasteiger partial charge < -0.3 is 9.73 Å². The van der Waals surface area contributed by atoms with Crippen LogP contribution in [0.2, 0.25) is 0 Å². The normalized spacial score (nSPS) is 18.0. The van der Waals surface area contributed by atoms with Crippen LogP contribution in [0.3, 0.4) is 0 Å². The van der Waals surface area contributed by atoms with Gasteiger partial charge in [-0.25, -0.2) is 0 Å². The van der Waals surface area contributed by atoms with Crippen LogP contribution in [-0.4, -0.2) is 40.0 Å². The first-order chi connectivity index (χ1) is 11.1. The Hall–Kier alpha value is -1.73. The van der Waals surface area contributed by atoms with Crippen molar-refractivity contribution < 1.29 is 9.21 Å². The number of nitrogens with one attached hydrogen (secondary N) is 1. The predicted molar refractivity (Wildman–Crippen MR) is 88.4 cm³/mol. The van der Waals surface area contributed by atoms with Gasteiger partial charge in [-0.15, -0.1) is 5.10 Å². The third kappa shape index (κ3) is 3.97. The maximum absolute atomic E-state index is 12.1. The molecule has 3 heterocycles. The van der Waals surface area contributed by atoms with Crippen LogP contribution >= 0.6 is 11.5 Å². The second-order valence-electron chi connectivity index (χ2n) is 6.18. The lowest BCUT2D eigenvalue weighted by atomic mass is 9.97. The highest BCUT2D eigenvalue weighted by atomic mass is 32.1. The Morgan fingerprint density at radius 3 is 2.87 bits per heavy atom. The summed E-state index contributed by atoms with van der Waals surface area (Å²) in [6.07, 6.45) is 2.36. The molecule has 1 amide bonds. The molecule has 1 saturated heterocycles. The first-order valence-corrected chi connectivity index (χ1v) is 8.83. The molecule has 0 spiro atoms. The Kier molecular flexibility index (Phi) is 5.07.